The number of aromatic nitrogens is 1. The Balaban J connectivity index is 2.54. The summed E-state index contributed by atoms with van der Waals surface area (Å²) >= 11 is 1.23. The quantitative estimate of drug-likeness (QED) is 0.842. The number of hydrogen-bond acceptors (Lipinski definition) is 4. The summed E-state index contributed by atoms with van der Waals surface area (Å²) in [4.78, 5) is 14.8. The van der Waals surface area contributed by atoms with Crippen molar-refractivity contribution >= 4 is 33.1 Å². The number of carbonyl (C=O) groups is 1. The third kappa shape index (κ3) is 1.89. The second-order valence-corrected chi connectivity index (χ2v) is 4.34. The van der Waals surface area contributed by atoms with Gasteiger partial charge in [-0.1, -0.05) is 0 Å². The Labute approximate surface area is 94.7 Å². The van der Waals surface area contributed by atoms with Crippen LogP contribution >= 0.6 is 11.3 Å². The first kappa shape index (κ1) is 11.0. The molecule has 0 fully saturated rings. The highest BCUT2D eigenvalue weighted by atomic mass is 32.1. The lowest BCUT2D eigenvalue weighted by atomic mass is 10.2. The van der Waals surface area contributed by atoms with Crippen molar-refractivity contribution in [3.63, 3.8) is 0 Å². The van der Waals surface area contributed by atoms with E-state index in [1.54, 1.807) is 6.07 Å². The number of halogens is 1. The molecule has 0 unspecified atom stereocenters. The number of benzene rings is 1. The van der Waals surface area contributed by atoms with Crippen LogP contribution in [0.5, 0.6) is 0 Å². The predicted octanol–water partition coefficient (Wildman–Crippen LogP) is 1.89. The Bertz CT molecular complexity index is 553. The minimum absolute atomic E-state index is 0.106. The molecule has 0 atom stereocenters. The first-order chi connectivity index (χ1) is 7.61. The molecule has 6 heteroatoms. The topological polar surface area (TPSA) is 62.2 Å². The van der Waals surface area contributed by atoms with Crippen LogP contribution in [0.25, 0.3) is 10.2 Å². The number of thiazole rings is 1. The van der Waals surface area contributed by atoms with Crippen LogP contribution in [0.3, 0.4) is 0 Å². The average molecular weight is 240 g/mol. The number of fused-ring (bicyclic) bond motifs is 1. The number of nitrogens with one attached hydrogen (secondary N) is 1. The van der Waals surface area contributed by atoms with Crippen LogP contribution in [0.15, 0.2) is 12.1 Å². The van der Waals surface area contributed by atoms with Gasteiger partial charge in [0.2, 0.25) is 5.91 Å². The molecule has 2 rings (SSSR count). The summed E-state index contributed by atoms with van der Waals surface area (Å²) in [6.07, 6.45) is 0. The Morgan fingerprint density at radius 2 is 2.38 bits per heavy atom. The van der Waals surface area contributed by atoms with E-state index >= 15 is 0 Å². The van der Waals surface area contributed by atoms with Gasteiger partial charge in [-0.25, -0.2) is 9.37 Å². The lowest BCUT2D eigenvalue weighted by Crippen LogP contribution is -2.07. The van der Waals surface area contributed by atoms with Crippen LogP contribution in [0.4, 0.5) is 10.1 Å². The summed E-state index contributed by atoms with van der Waals surface area (Å²) in [5.74, 6) is -0.903. The standard InChI is InChI=1S/C10H9FN2O2S/c1-5(15)12-6-2-3-7-10(9(6)11)13-8(4-14)16-7/h2-3,14H,4H2,1H3,(H,12,15). The molecule has 1 heterocycles. The fourth-order valence-corrected chi connectivity index (χ4v) is 2.18. The van der Waals surface area contributed by atoms with Gasteiger partial charge in [-0.15, -0.1) is 11.3 Å². The van der Waals surface area contributed by atoms with E-state index < -0.39 is 5.82 Å². The third-order valence-corrected chi connectivity index (χ3v) is 2.99. The Morgan fingerprint density at radius 1 is 1.62 bits per heavy atom. The second kappa shape index (κ2) is 4.15. The predicted molar refractivity (Wildman–Crippen MR) is 59.8 cm³/mol. The molecule has 0 saturated carbocycles. The monoisotopic (exact) mass is 240 g/mol. The number of aliphatic hydroxyl groups excluding tert-OH is 1. The van der Waals surface area contributed by atoms with E-state index in [1.807, 2.05) is 0 Å². The van der Waals surface area contributed by atoms with Gasteiger partial charge in [0.1, 0.15) is 10.5 Å². The summed E-state index contributed by atoms with van der Waals surface area (Å²) in [6, 6.07) is 3.15. The largest absolute Gasteiger partial charge is 0.389 e. The number of amides is 1. The molecule has 0 aliphatic carbocycles. The van der Waals surface area contributed by atoms with Gasteiger partial charge >= 0.3 is 0 Å². The molecule has 1 aromatic carbocycles. The number of aliphatic hydroxyl groups is 1. The molecule has 1 amide bonds. The molecule has 0 spiro atoms. The molecule has 2 N–H and O–H groups in total. The van der Waals surface area contributed by atoms with Gasteiger partial charge in [0, 0.05) is 6.92 Å². The number of rotatable bonds is 2. The Morgan fingerprint density at radius 3 is 3.00 bits per heavy atom. The number of hydrogen-bond donors (Lipinski definition) is 2. The first-order valence-corrected chi connectivity index (χ1v) is 5.40. The van der Waals surface area contributed by atoms with Crippen molar-refractivity contribution in [1.29, 1.82) is 0 Å². The summed E-state index contributed by atoms with van der Waals surface area (Å²) in [5.41, 5.74) is 0.287. The molecule has 0 aliphatic rings. The molecule has 2 aromatic rings. The van der Waals surface area contributed by atoms with E-state index in [0.29, 0.717) is 9.71 Å². The van der Waals surface area contributed by atoms with Crippen LogP contribution in [-0.2, 0) is 11.4 Å². The Kier molecular flexibility index (Phi) is 2.84. The van der Waals surface area contributed by atoms with Crippen molar-refractivity contribution in [1.82, 2.24) is 4.98 Å². The zero-order valence-corrected chi connectivity index (χ0v) is 9.27. The van der Waals surface area contributed by atoms with Gasteiger partial charge in [0.25, 0.3) is 0 Å². The zero-order valence-electron chi connectivity index (χ0n) is 8.45. The second-order valence-electron chi connectivity index (χ2n) is 3.22. The number of carbonyl (C=O) groups excluding carboxylic acids is 1. The molecule has 84 valence electrons. The molecule has 4 nitrogen and oxygen atoms in total. The summed E-state index contributed by atoms with van der Waals surface area (Å²) in [6.45, 7) is 1.10. The van der Waals surface area contributed by atoms with Gasteiger partial charge < -0.3 is 10.4 Å². The van der Waals surface area contributed by atoms with E-state index in [0.717, 1.165) is 0 Å². The molecule has 16 heavy (non-hydrogen) atoms. The maximum atomic E-state index is 13.8. The van der Waals surface area contributed by atoms with E-state index in [-0.39, 0.29) is 23.7 Å². The minimum Gasteiger partial charge on any atom is -0.389 e. The maximum absolute atomic E-state index is 13.8. The zero-order chi connectivity index (χ0) is 11.7. The molecule has 1 aromatic heterocycles. The Hall–Kier alpha value is -1.53. The van der Waals surface area contributed by atoms with Crippen LogP contribution < -0.4 is 5.32 Å². The lowest BCUT2D eigenvalue weighted by molar-refractivity contribution is -0.114. The minimum atomic E-state index is -0.566. The maximum Gasteiger partial charge on any atom is 0.221 e. The van der Waals surface area contributed by atoms with E-state index in [1.165, 1.54) is 24.3 Å². The van der Waals surface area contributed by atoms with Crippen LogP contribution in [-0.4, -0.2) is 16.0 Å². The molecule has 0 saturated heterocycles. The summed E-state index contributed by atoms with van der Waals surface area (Å²) in [5, 5.41) is 11.7. The van der Waals surface area contributed by atoms with Gasteiger partial charge in [0.05, 0.1) is 17.0 Å². The van der Waals surface area contributed by atoms with Crippen molar-refractivity contribution in [2.45, 2.75) is 13.5 Å². The number of nitrogens with zero attached hydrogens (tertiary/aromatic N) is 1. The first-order valence-electron chi connectivity index (χ1n) is 4.58. The molecular formula is C10H9FN2O2S. The van der Waals surface area contributed by atoms with Crippen molar-refractivity contribution in [3.8, 4) is 0 Å². The molecule has 0 aliphatic heterocycles. The van der Waals surface area contributed by atoms with Crippen LogP contribution in [0.2, 0.25) is 0 Å². The van der Waals surface area contributed by atoms with Crippen molar-refractivity contribution < 1.29 is 14.3 Å². The van der Waals surface area contributed by atoms with Crippen molar-refractivity contribution in [2.75, 3.05) is 5.32 Å². The highest BCUT2D eigenvalue weighted by Crippen LogP contribution is 2.28. The SMILES string of the molecule is CC(=O)Nc1ccc2sc(CO)nc2c1F. The third-order valence-electron chi connectivity index (χ3n) is 1.99. The van der Waals surface area contributed by atoms with Crippen LogP contribution in [0.1, 0.15) is 11.9 Å². The van der Waals surface area contributed by atoms with Crippen LogP contribution in [0, 0.1) is 5.82 Å². The molecular weight excluding hydrogens is 231 g/mol. The summed E-state index contributed by atoms with van der Waals surface area (Å²) in [7, 11) is 0. The van der Waals surface area contributed by atoms with E-state index in [2.05, 4.69) is 10.3 Å². The molecule has 0 bridgehead atoms. The highest BCUT2D eigenvalue weighted by molar-refractivity contribution is 7.18. The lowest BCUT2D eigenvalue weighted by Gasteiger charge is -2.02. The fraction of sp³-hybridized carbons (Fsp3) is 0.200. The van der Waals surface area contributed by atoms with Gasteiger partial charge in [-0.05, 0) is 12.1 Å². The fourth-order valence-electron chi connectivity index (χ4n) is 1.36. The van der Waals surface area contributed by atoms with Crippen molar-refractivity contribution in [3.05, 3.63) is 23.0 Å². The van der Waals surface area contributed by atoms with Gasteiger partial charge in [0.15, 0.2) is 5.82 Å². The van der Waals surface area contributed by atoms with Gasteiger partial charge in [-0.3, -0.25) is 4.79 Å². The van der Waals surface area contributed by atoms with Crippen molar-refractivity contribution in [2.24, 2.45) is 0 Å². The average Bonchev–Trinajstić information content (AvgIpc) is 2.65. The van der Waals surface area contributed by atoms with E-state index in [9.17, 15) is 9.18 Å². The summed E-state index contributed by atoms with van der Waals surface area (Å²) < 4.78 is 14.5. The molecule has 0 radical (unpaired) electrons. The highest BCUT2D eigenvalue weighted by Gasteiger charge is 2.12. The number of anilines is 1. The normalized spacial score (nSPS) is 10.7. The smallest absolute Gasteiger partial charge is 0.221 e. The van der Waals surface area contributed by atoms with Gasteiger partial charge in [-0.2, -0.15) is 0 Å². The van der Waals surface area contributed by atoms with E-state index in [4.69, 9.17) is 5.11 Å².